The van der Waals surface area contributed by atoms with E-state index in [1.807, 2.05) is 53.4 Å². The van der Waals surface area contributed by atoms with E-state index in [2.05, 4.69) is 6.92 Å². The van der Waals surface area contributed by atoms with Gasteiger partial charge in [-0.25, -0.2) is 8.42 Å². The molecule has 3 aromatic rings. The van der Waals surface area contributed by atoms with Gasteiger partial charge in [0.25, 0.3) is 15.9 Å². The molecule has 0 aromatic heterocycles. The van der Waals surface area contributed by atoms with E-state index in [0.717, 1.165) is 18.4 Å². The maximum Gasteiger partial charge on any atom is 0.264 e. The van der Waals surface area contributed by atoms with Crippen molar-refractivity contribution in [3.63, 3.8) is 0 Å². The Morgan fingerprint density at radius 1 is 0.969 bits per heavy atom. The lowest BCUT2D eigenvalue weighted by molar-refractivity contribution is 0.0683. The van der Waals surface area contributed by atoms with Crippen LogP contribution in [0.25, 0.3) is 0 Å². The normalized spacial score (nSPS) is 16.5. The van der Waals surface area contributed by atoms with Crippen LogP contribution in [0.5, 0.6) is 0 Å². The van der Waals surface area contributed by atoms with Crippen molar-refractivity contribution < 1.29 is 13.2 Å². The maximum absolute atomic E-state index is 13.7. The summed E-state index contributed by atoms with van der Waals surface area (Å²) in [7, 11) is -3.89. The molecule has 1 aliphatic heterocycles. The van der Waals surface area contributed by atoms with Crippen LogP contribution in [0.4, 0.5) is 5.69 Å². The summed E-state index contributed by atoms with van der Waals surface area (Å²) in [6.45, 7) is 3.76. The lowest BCUT2D eigenvalue weighted by atomic mass is 9.99. The van der Waals surface area contributed by atoms with Crippen LogP contribution in [-0.2, 0) is 16.6 Å². The number of rotatable bonds is 6. The number of piperidine rings is 1. The molecule has 32 heavy (non-hydrogen) atoms. The average Bonchev–Trinajstić information content (AvgIpc) is 2.83. The van der Waals surface area contributed by atoms with Gasteiger partial charge in [0.05, 0.1) is 17.1 Å². The third-order valence-electron chi connectivity index (χ3n) is 5.83. The highest BCUT2D eigenvalue weighted by atomic mass is 32.2. The lowest BCUT2D eigenvalue weighted by Crippen LogP contribution is -2.39. The fourth-order valence-electron chi connectivity index (χ4n) is 4.13. The van der Waals surface area contributed by atoms with Gasteiger partial charge < -0.3 is 4.90 Å². The molecule has 5 nitrogen and oxygen atoms in total. The summed E-state index contributed by atoms with van der Waals surface area (Å²) in [5, 5.41) is 0. The summed E-state index contributed by atoms with van der Waals surface area (Å²) in [5.74, 6) is 0.349. The number of carbonyl (C=O) groups is 1. The maximum atomic E-state index is 13.7. The molecule has 0 N–H and O–H groups in total. The second-order valence-corrected chi connectivity index (χ2v) is 10.2. The summed E-state index contributed by atoms with van der Waals surface area (Å²) in [5.41, 5.74) is 1.88. The van der Waals surface area contributed by atoms with Crippen LogP contribution in [0, 0.1) is 5.92 Å². The molecule has 0 radical (unpaired) electrons. The zero-order valence-corrected chi connectivity index (χ0v) is 19.0. The fraction of sp³-hybridized carbons (Fsp3) is 0.269. The van der Waals surface area contributed by atoms with Gasteiger partial charge in [0.15, 0.2) is 0 Å². The molecule has 3 aromatic carbocycles. The van der Waals surface area contributed by atoms with E-state index in [0.29, 0.717) is 30.3 Å². The first-order chi connectivity index (χ1) is 15.4. The van der Waals surface area contributed by atoms with Crippen LogP contribution in [0.3, 0.4) is 0 Å². The van der Waals surface area contributed by atoms with E-state index in [9.17, 15) is 13.2 Å². The smallest absolute Gasteiger partial charge is 0.264 e. The molecule has 1 fully saturated rings. The van der Waals surface area contributed by atoms with Gasteiger partial charge in [0, 0.05) is 18.7 Å². The van der Waals surface area contributed by atoms with Gasteiger partial charge in [-0.15, -0.1) is 0 Å². The van der Waals surface area contributed by atoms with E-state index in [1.54, 1.807) is 30.3 Å². The summed E-state index contributed by atoms with van der Waals surface area (Å²) in [6, 6.07) is 25.0. The van der Waals surface area contributed by atoms with Crippen molar-refractivity contribution in [1.82, 2.24) is 4.90 Å². The van der Waals surface area contributed by atoms with Gasteiger partial charge in [0.1, 0.15) is 0 Å². The SMILES string of the molecule is CC1CCCN(C(=O)c2cccc(S(=O)(=O)N(Cc3ccccc3)c3ccccc3)c2)C1. The zero-order valence-electron chi connectivity index (χ0n) is 18.2. The van der Waals surface area contributed by atoms with Gasteiger partial charge in [0.2, 0.25) is 0 Å². The predicted octanol–water partition coefficient (Wildman–Crippen LogP) is 4.95. The molecule has 1 atom stereocenters. The molecule has 0 saturated carbocycles. The molecule has 1 saturated heterocycles. The molecule has 1 aliphatic rings. The van der Waals surface area contributed by atoms with Crippen molar-refractivity contribution in [2.45, 2.75) is 31.2 Å². The Morgan fingerprint density at radius 3 is 2.34 bits per heavy atom. The summed E-state index contributed by atoms with van der Waals surface area (Å²) < 4.78 is 28.9. The van der Waals surface area contributed by atoms with Crippen molar-refractivity contribution in [1.29, 1.82) is 0 Å². The number of carbonyl (C=O) groups excluding carboxylic acids is 1. The number of benzene rings is 3. The van der Waals surface area contributed by atoms with Crippen LogP contribution in [0.2, 0.25) is 0 Å². The number of likely N-dealkylation sites (tertiary alicyclic amines) is 1. The summed E-state index contributed by atoms with van der Waals surface area (Å²) in [6.07, 6.45) is 2.09. The van der Waals surface area contributed by atoms with Crippen molar-refractivity contribution >= 4 is 21.6 Å². The molecule has 1 amide bonds. The first kappa shape index (κ1) is 22.1. The monoisotopic (exact) mass is 448 g/mol. The summed E-state index contributed by atoms with van der Waals surface area (Å²) >= 11 is 0. The Bertz CT molecular complexity index is 1160. The highest BCUT2D eigenvalue weighted by Gasteiger charge is 2.27. The van der Waals surface area contributed by atoms with Crippen molar-refractivity contribution in [2.75, 3.05) is 17.4 Å². The number of hydrogen-bond donors (Lipinski definition) is 0. The van der Waals surface area contributed by atoms with Crippen LogP contribution in [0.15, 0.2) is 89.8 Å². The topological polar surface area (TPSA) is 57.7 Å². The van der Waals surface area contributed by atoms with Crippen LogP contribution >= 0.6 is 0 Å². The molecule has 0 spiro atoms. The van der Waals surface area contributed by atoms with E-state index in [-0.39, 0.29) is 17.3 Å². The van der Waals surface area contributed by atoms with Gasteiger partial charge in [-0.1, -0.05) is 61.5 Å². The number of anilines is 1. The molecule has 1 unspecified atom stereocenters. The minimum absolute atomic E-state index is 0.108. The molecule has 4 rings (SSSR count). The lowest BCUT2D eigenvalue weighted by Gasteiger charge is -2.31. The third kappa shape index (κ3) is 4.86. The first-order valence-electron chi connectivity index (χ1n) is 11.0. The van der Waals surface area contributed by atoms with Gasteiger partial charge in [-0.2, -0.15) is 0 Å². The van der Waals surface area contributed by atoms with Crippen LogP contribution < -0.4 is 4.31 Å². The highest BCUT2D eigenvalue weighted by Crippen LogP contribution is 2.27. The Labute approximate surface area is 190 Å². The number of para-hydroxylation sites is 1. The van der Waals surface area contributed by atoms with E-state index >= 15 is 0 Å². The first-order valence-corrected chi connectivity index (χ1v) is 12.4. The Morgan fingerprint density at radius 2 is 1.66 bits per heavy atom. The zero-order chi connectivity index (χ0) is 22.6. The molecule has 0 aliphatic carbocycles. The van der Waals surface area contributed by atoms with Crippen molar-refractivity contribution in [3.8, 4) is 0 Å². The molecule has 0 bridgehead atoms. The summed E-state index contributed by atoms with van der Waals surface area (Å²) in [4.78, 5) is 15.0. The largest absolute Gasteiger partial charge is 0.338 e. The minimum Gasteiger partial charge on any atom is -0.338 e. The second-order valence-electron chi connectivity index (χ2n) is 8.36. The molecular formula is C26H28N2O3S. The number of amides is 1. The average molecular weight is 449 g/mol. The fourth-order valence-corrected chi connectivity index (χ4v) is 5.63. The van der Waals surface area contributed by atoms with Gasteiger partial charge >= 0.3 is 0 Å². The minimum atomic E-state index is -3.89. The van der Waals surface area contributed by atoms with E-state index in [1.165, 1.54) is 10.4 Å². The van der Waals surface area contributed by atoms with E-state index < -0.39 is 10.0 Å². The van der Waals surface area contributed by atoms with Crippen molar-refractivity contribution in [3.05, 3.63) is 96.1 Å². The molecular weight excluding hydrogens is 420 g/mol. The third-order valence-corrected chi connectivity index (χ3v) is 7.60. The number of sulfonamides is 1. The number of hydrogen-bond acceptors (Lipinski definition) is 3. The quantitative estimate of drug-likeness (QED) is 0.536. The molecule has 166 valence electrons. The van der Waals surface area contributed by atoms with E-state index in [4.69, 9.17) is 0 Å². The Balaban J connectivity index is 1.68. The van der Waals surface area contributed by atoms with Crippen LogP contribution in [0.1, 0.15) is 35.7 Å². The molecule has 6 heteroatoms. The number of nitrogens with zero attached hydrogens (tertiary/aromatic N) is 2. The molecule has 1 heterocycles. The second kappa shape index (κ2) is 9.57. The Hall–Kier alpha value is -3.12. The van der Waals surface area contributed by atoms with Crippen molar-refractivity contribution in [2.24, 2.45) is 5.92 Å². The standard InChI is InChI=1S/C26H28N2O3S/c1-21-10-9-17-27(19-21)26(29)23-13-8-16-25(18-23)32(30,31)28(24-14-6-3-7-15-24)20-22-11-4-2-5-12-22/h2-8,11-16,18,21H,9-10,17,19-20H2,1H3. The van der Waals surface area contributed by atoms with Crippen LogP contribution in [-0.4, -0.2) is 32.3 Å². The highest BCUT2D eigenvalue weighted by molar-refractivity contribution is 7.92. The van der Waals surface area contributed by atoms with Gasteiger partial charge in [-0.05, 0) is 54.7 Å². The van der Waals surface area contributed by atoms with Gasteiger partial charge in [-0.3, -0.25) is 9.10 Å². The Kier molecular flexibility index (Phi) is 6.61. The predicted molar refractivity (Wildman–Crippen MR) is 127 cm³/mol.